The average molecular weight is 284 g/mol. The zero-order chi connectivity index (χ0) is 14.8. The van der Waals surface area contributed by atoms with Crippen LogP contribution in [0.5, 0.6) is 0 Å². The second kappa shape index (κ2) is 5.36. The normalized spacial score (nSPS) is 14.7. The molecule has 0 bridgehead atoms. The van der Waals surface area contributed by atoms with Crippen LogP contribution in [0.15, 0.2) is 53.6 Å². The van der Waals surface area contributed by atoms with Gasteiger partial charge in [-0.2, -0.15) is 5.01 Å². The third kappa shape index (κ3) is 2.76. The van der Waals surface area contributed by atoms with Gasteiger partial charge in [0.2, 0.25) is 5.90 Å². The summed E-state index contributed by atoms with van der Waals surface area (Å²) in [6, 6.07) is 13.3. The zero-order valence-electron chi connectivity index (χ0n) is 11.4. The highest BCUT2D eigenvalue weighted by molar-refractivity contribution is 6.04. The molecule has 21 heavy (non-hydrogen) atoms. The summed E-state index contributed by atoms with van der Waals surface area (Å²) < 4.78 is 18.3. The van der Waals surface area contributed by atoms with Gasteiger partial charge in [0.05, 0.1) is 5.69 Å². The zero-order valence-corrected chi connectivity index (χ0v) is 11.4. The Morgan fingerprint density at radius 1 is 1.10 bits per heavy atom. The number of carbonyl (C=O) groups excluding carboxylic acids is 1. The molecule has 0 N–H and O–H groups in total. The smallest absolute Gasteiger partial charge is 0.285 e. The quantitative estimate of drug-likeness (QED) is 0.851. The topological polar surface area (TPSA) is 41.9 Å². The number of ether oxygens (including phenoxy) is 1. The van der Waals surface area contributed by atoms with Crippen LogP contribution in [0.25, 0.3) is 0 Å². The van der Waals surface area contributed by atoms with Gasteiger partial charge >= 0.3 is 0 Å². The first kappa shape index (κ1) is 13.3. The van der Waals surface area contributed by atoms with E-state index in [0.29, 0.717) is 17.1 Å². The molecule has 0 atom stereocenters. The summed E-state index contributed by atoms with van der Waals surface area (Å²) >= 11 is 0. The van der Waals surface area contributed by atoms with E-state index in [2.05, 4.69) is 5.10 Å². The maximum atomic E-state index is 13.0. The molecular formula is C16H13FN2O2. The van der Waals surface area contributed by atoms with Crippen molar-refractivity contribution >= 4 is 17.5 Å². The van der Waals surface area contributed by atoms with E-state index in [1.165, 1.54) is 17.1 Å². The van der Waals surface area contributed by atoms with Crippen LogP contribution in [0.2, 0.25) is 0 Å². The predicted molar refractivity (Wildman–Crippen MR) is 77.6 cm³/mol. The number of halogens is 1. The molecule has 1 amide bonds. The molecule has 4 nitrogen and oxygen atoms in total. The lowest BCUT2D eigenvalue weighted by molar-refractivity contribution is -0.121. The van der Waals surface area contributed by atoms with Crippen LogP contribution in [-0.2, 0) is 9.53 Å². The first-order chi connectivity index (χ1) is 10.1. The van der Waals surface area contributed by atoms with E-state index in [1.54, 1.807) is 12.1 Å². The van der Waals surface area contributed by atoms with Crippen molar-refractivity contribution in [3.63, 3.8) is 0 Å². The van der Waals surface area contributed by atoms with Gasteiger partial charge < -0.3 is 4.74 Å². The van der Waals surface area contributed by atoms with Crippen LogP contribution in [0, 0.1) is 12.7 Å². The summed E-state index contributed by atoms with van der Waals surface area (Å²) in [6.07, 6.45) is 0. The fourth-order valence-electron chi connectivity index (χ4n) is 1.99. The molecular weight excluding hydrogens is 271 g/mol. The summed E-state index contributed by atoms with van der Waals surface area (Å²) in [4.78, 5) is 11.9. The molecule has 2 aromatic rings. The van der Waals surface area contributed by atoms with Crippen molar-refractivity contribution < 1.29 is 13.9 Å². The molecule has 5 heteroatoms. The van der Waals surface area contributed by atoms with E-state index < -0.39 is 0 Å². The second-order valence-electron chi connectivity index (χ2n) is 4.74. The van der Waals surface area contributed by atoms with Crippen LogP contribution in [0.4, 0.5) is 10.1 Å². The monoisotopic (exact) mass is 284 g/mol. The molecule has 1 aliphatic heterocycles. The van der Waals surface area contributed by atoms with Crippen LogP contribution in [0.3, 0.4) is 0 Å². The molecule has 106 valence electrons. The Morgan fingerprint density at radius 2 is 1.76 bits per heavy atom. The lowest BCUT2D eigenvalue weighted by Crippen LogP contribution is -2.36. The van der Waals surface area contributed by atoms with Crippen molar-refractivity contribution in [3.8, 4) is 0 Å². The third-order valence-electron chi connectivity index (χ3n) is 3.13. The minimum absolute atomic E-state index is 0.0932. The SMILES string of the molecule is Cc1ccc(N2N=C(c3ccc(F)cc3)OCC2=O)cc1. The Balaban J connectivity index is 1.96. The van der Waals surface area contributed by atoms with E-state index in [4.69, 9.17) is 4.74 Å². The summed E-state index contributed by atoms with van der Waals surface area (Å²) in [5.74, 6) is -0.276. The number of hydrogen-bond donors (Lipinski definition) is 0. The number of hydrazone groups is 1. The number of rotatable bonds is 2. The number of hydrogen-bond acceptors (Lipinski definition) is 3. The maximum Gasteiger partial charge on any atom is 0.285 e. The van der Waals surface area contributed by atoms with E-state index in [1.807, 2.05) is 31.2 Å². The number of nitrogens with zero attached hydrogens (tertiary/aromatic N) is 2. The van der Waals surface area contributed by atoms with Crippen LogP contribution in [0.1, 0.15) is 11.1 Å². The molecule has 0 spiro atoms. The second-order valence-corrected chi connectivity index (χ2v) is 4.74. The lowest BCUT2D eigenvalue weighted by Gasteiger charge is -2.23. The van der Waals surface area contributed by atoms with Gasteiger partial charge in [-0.1, -0.05) is 17.7 Å². The largest absolute Gasteiger partial charge is 0.466 e. The van der Waals surface area contributed by atoms with Crippen molar-refractivity contribution in [2.24, 2.45) is 5.10 Å². The number of anilines is 1. The predicted octanol–water partition coefficient (Wildman–Crippen LogP) is 2.86. The number of amides is 1. The fraction of sp³-hybridized carbons (Fsp3) is 0.125. The third-order valence-corrected chi connectivity index (χ3v) is 3.13. The molecule has 0 unspecified atom stereocenters. The van der Waals surface area contributed by atoms with Gasteiger partial charge in [0.25, 0.3) is 5.91 Å². The molecule has 3 rings (SSSR count). The van der Waals surface area contributed by atoms with Crippen molar-refractivity contribution in [3.05, 3.63) is 65.5 Å². The van der Waals surface area contributed by atoms with Gasteiger partial charge in [0.15, 0.2) is 6.61 Å². The molecule has 2 aromatic carbocycles. The first-order valence-electron chi connectivity index (χ1n) is 6.50. The maximum absolute atomic E-state index is 13.0. The van der Waals surface area contributed by atoms with Crippen LogP contribution in [-0.4, -0.2) is 18.4 Å². The summed E-state index contributed by atoms with van der Waals surface area (Å²) in [5.41, 5.74) is 2.40. The minimum Gasteiger partial charge on any atom is -0.466 e. The standard InChI is InChI=1S/C16H13FN2O2/c1-11-2-8-14(9-3-11)19-15(20)10-21-16(18-19)12-4-6-13(17)7-5-12/h2-9H,10H2,1H3. The first-order valence-corrected chi connectivity index (χ1v) is 6.50. The van der Waals surface area contributed by atoms with Crippen molar-refractivity contribution in [2.75, 3.05) is 11.6 Å². The highest BCUT2D eigenvalue weighted by Gasteiger charge is 2.23. The van der Waals surface area contributed by atoms with Crippen LogP contribution < -0.4 is 5.01 Å². The fourth-order valence-corrected chi connectivity index (χ4v) is 1.99. The molecule has 0 saturated heterocycles. The minimum atomic E-state index is -0.332. The molecule has 1 heterocycles. The van der Waals surface area contributed by atoms with Crippen molar-refractivity contribution in [2.45, 2.75) is 6.92 Å². The van der Waals surface area contributed by atoms with Crippen LogP contribution >= 0.6 is 0 Å². The Kier molecular flexibility index (Phi) is 3.39. The van der Waals surface area contributed by atoms with Gasteiger partial charge in [0.1, 0.15) is 5.82 Å². The Labute approximate surface area is 121 Å². The number of benzene rings is 2. The van der Waals surface area contributed by atoms with E-state index >= 15 is 0 Å². The van der Waals surface area contributed by atoms with Gasteiger partial charge in [-0.05, 0) is 43.3 Å². The Hall–Kier alpha value is -2.69. The van der Waals surface area contributed by atoms with Gasteiger partial charge in [-0.25, -0.2) is 4.39 Å². The molecule has 0 fully saturated rings. The number of aryl methyl sites for hydroxylation is 1. The molecule has 0 saturated carbocycles. The Bertz CT molecular complexity index is 693. The number of carbonyl (C=O) groups is 1. The summed E-state index contributed by atoms with van der Waals surface area (Å²) in [5, 5.41) is 5.53. The molecule has 0 aromatic heterocycles. The van der Waals surface area contributed by atoms with E-state index in [-0.39, 0.29) is 18.3 Å². The highest BCUT2D eigenvalue weighted by Crippen LogP contribution is 2.20. The van der Waals surface area contributed by atoms with Crippen molar-refractivity contribution in [1.29, 1.82) is 0 Å². The van der Waals surface area contributed by atoms with Crippen molar-refractivity contribution in [1.82, 2.24) is 0 Å². The van der Waals surface area contributed by atoms with E-state index in [9.17, 15) is 9.18 Å². The highest BCUT2D eigenvalue weighted by atomic mass is 19.1. The average Bonchev–Trinajstić information content (AvgIpc) is 2.50. The summed E-state index contributed by atoms with van der Waals surface area (Å²) in [6.45, 7) is 1.88. The summed E-state index contributed by atoms with van der Waals surface area (Å²) in [7, 11) is 0. The van der Waals surface area contributed by atoms with Gasteiger partial charge in [0, 0.05) is 5.56 Å². The lowest BCUT2D eigenvalue weighted by atomic mass is 10.2. The Morgan fingerprint density at radius 3 is 2.43 bits per heavy atom. The molecule has 0 aliphatic carbocycles. The molecule has 0 radical (unpaired) electrons. The van der Waals surface area contributed by atoms with Gasteiger partial charge in [-0.3, -0.25) is 4.79 Å². The molecule has 1 aliphatic rings. The van der Waals surface area contributed by atoms with E-state index in [0.717, 1.165) is 5.56 Å². The van der Waals surface area contributed by atoms with Gasteiger partial charge in [-0.15, -0.1) is 5.10 Å².